The minimum atomic E-state index is 0.504. The SMILES string of the molecule is CCc1c(C(C)C)nn2ccccc12. The number of aryl methyl sites for hydroxylation is 1. The summed E-state index contributed by atoms with van der Waals surface area (Å²) in [5, 5.41) is 4.60. The molecule has 2 heterocycles. The van der Waals surface area contributed by atoms with E-state index in [-0.39, 0.29) is 0 Å². The normalized spacial score (nSPS) is 11.4. The largest absolute Gasteiger partial charge is 0.240 e. The molecule has 74 valence electrons. The zero-order chi connectivity index (χ0) is 10.1. The lowest BCUT2D eigenvalue weighted by atomic mass is 10.0. The van der Waals surface area contributed by atoms with E-state index in [2.05, 4.69) is 38.0 Å². The molecule has 2 rings (SSSR count). The third-order valence-electron chi connectivity index (χ3n) is 2.57. The summed E-state index contributed by atoms with van der Waals surface area (Å²) in [5.74, 6) is 0.504. The molecule has 2 aromatic rings. The van der Waals surface area contributed by atoms with Crippen LogP contribution >= 0.6 is 0 Å². The molecular weight excluding hydrogens is 172 g/mol. The van der Waals surface area contributed by atoms with Crippen LogP contribution in [0.4, 0.5) is 0 Å². The summed E-state index contributed by atoms with van der Waals surface area (Å²) in [5.41, 5.74) is 3.87. The van der Waals surface area contributed by atoms with Gasteiger partial charge in [0.25, 0.3) is 0 Å². The van der Waals surface area contributed by atoms with Crippen LogP contribution < -0.4 is 0 Å². The lowest BCUT2D eigenvalue weighted by Gasteiger charge is -2.01. The van der Waals surface area contributed by atoms with E-state index >= 15 is 0 Å². The first-order valence-corrected chi connectivity index (χ1v) is 5.20. The molecule has 0 saturated heterocycles. The summed E-state index contributed by atoms with van der Waals surface area (Å²) in [7, 11) is 0. The summed E-state index contributed by atoms with van der Waals surface area (Å²) >= 11 is 0. The van der Waals surface area contributed by atoms with Crippen LogP contribution in [0.25, 0.3) is 5.52 Å². The van der Waals surface area contributed by atoms with Crippen molar-refractivity contribution in [1.29, 1.82) is 0 Å². The first-order chi connectivity index (χ1) is 6.74. The average Bonchev–Trinajstić information content (AvgIpc) is 2.56. The van der Waals surface area contributed by atoms with Gasteiger partial charge in [-0.05, 0) is 24.5 Å². The van der Waals surface area contributed by atoms with Crippen LogP contribution in [-0.4, -0.2) is 9.61 Å². The molecule has 0 N–H and O–H groups in total. The maximum absolute atomic E-state index is 4.60. The molecule has 0 unspecified atom stereocenters. The molecule has 0 amide bonds. The Labute approximate surface area is 84.6 Å². The average molecular weight is 188 g/mol. The topological polar surface area (TPSA) is 17.3 Å². The van der Waals surface area contributed by atoms with Crippen LogP contribution in [-0.2, 0) is 6.42 Å². The van der Waals surface area contributed by atoms with Crippen molar-refractivity contribution in [2.45, 2.75) is 33.1 Å². The highest BCUT2D eigenvalue weighted by Gasteiger charge is 2.12. The van der Waals surface area contributed by atoms with Gasteiger partial charge in [-0.1, -0.05) is 26.8 Å². The van der Waals surface area contributed by atoms with Gasteiger partial charge in [0.05, 0.1) is 11.2 Å². The highest BCUT2D eigenvalue weighted by atomic mass is 15.2. The molecule has 0 aliphatic carbocycles. The third-order valence-corrected chi connectivity index (χ3v) is 2.57. The second-order valence-electron chi connectivity index (χ2n) is 3.90. The number of aromatic nitrogens is 2. The van der Waals surface area contributed by atoms with Gasteiger partial charge < -0.3 is 0 Å². The number of hydrogen-bond acceptors (Lipinski definition) is 1. The Balaban J connectivity index is 2.72. The van der Waals surface area contributed by atoms with E-state index in [9.17, 15) is 0 Å². The smallest absolute Gasteiger partial charge is 0.0696 e. The monoisotopic (exact) mass is 188 g/mol. The molecule has 0 atom stereocenters. The first kappa shape index (κ1) is 9.25. The Morgan fingerprint density at radius 2 is 2.14 bits per heavy atom. The molecule has 0 fully saturated rings. The lowest BCUT2D eigenvalue weighted by molar-refractivity contribution is 0.778. The van der Waals surface area contributed by atoms with E-state index in [1.54, 1.807) is 0 Å². The van der Waals surface area contributed by atoms with Crippen LogP contribution in [0.2, 0.25) is 0 Å². The molecule has 2 aromatic heterocycles. The Bertz CT molecular complexity index is 441. The van der Waals surface area contributed by atoms with E-state index in [0.717, 1.165) is 6.42 Å². The highest BCUT2D eigenvalue weighted by Crippen LogP contribution is 2.22. The fourth-order valence-electron chi connectivity index (χ4n) is 1.89. The van der Waals surface area contributed by atoms with Crippen LogP contribution in [0.3, 0.4) is 0 Å². The Morgan fingerprint density at radius 1 is 1.36 bits per heavy atom. The van der Waals surface area contributed by atoms with Gasteiger partial charge in [0.2, 0.25) is 0 Å². The fraction of sp³-hybridized carbons (Fsp3) is 0.417. The van der Waals surface area contributed by atoms with Gasteiger partial charge in [-0.2, -0.15) is 5.10 Å². The van der Waals surface area contributed by atoms with Crippen molar-refractivity contribution in [3.8, 4) is 0 Å². The third kappa shape index (κ3) is 1.31. The zero-order valence-corrected chi connectivity index (χ0v) is 8.99. The maximum Gasteiger partial charge on any atom is 0.0696 e. The Morgan fingerprint density at radius 3 is 2.79 bits per heavy atom. The van der Waals surface area contributed by atoms with E-state index in [1.807, 2.05) is 16.8 Å². The van der Waals surface area contributed by atoms with E-state index in [4.69, 9.17) is 0 Å². The second-order valence-corrected chi connectivity index (χ2v) is 3.90. The highest BCUT2D eigenvalue weighted by molar-refractivity contribution is 5.56. The summed E-state index contributed by atoms with van der Waals surface area (Å²) < 4.78 is 1.98. The summed E-state index contributed by atoms with van der Waals surface area (Å²) in [6.45, 7) is 6.58. The van der Waals surface area contributed by atoms with Gasteiger partial charge in [0.1, 0.15) is 0 Å². The van der Waals surface area contributed by atoms with Gasteiger partial charge in [-0.15, -0.1) is 0 Å². The maximum atomic E-state index is 4.60. The molecule has 0 aliphatic rings. The predicted molar refractivity (Wildman–Crippen MR) is 58.7 cm³/mol. The fourth-order valence-corrected chi connectivity index (χ4v) is 1.89. The minimum absolute atomic E-state index is 0.504. The van der Waals surface area contributed by atoms with Crippen molar-refractivity contribution in [1.82, 2.24) is 9.61 Å². The van der Waals surface area contributed by atoms with Crippen molar-refractivity contribution in [3.05, 3.63) is 35.7 Å². The van der Waals surface area contributed by atoms with Crippen molar-refractivity contribution >= 4 is 5.52 Å². The Kier molecular flexibility index (Phi) is 2.28. The molecule has 0 radical (unpaired) electrons. The van der Waals surface area contributed by atoms with E-state index < -0.39 is 0 Å². The van der Waals surface area contributed by atoms with Crippen LogP contribution in [0, 0.1) is 0 Å². The Hall–Kier alpha value is -1.31. The van der Waals surface area contributed by atoms with Gasteiger partial charge in [0, 0.05) is 11.8 Å². The molecule has 2 heteroatoms. The molecule has 14 heavy (non-hydrogen) atoms. The summed E-state index contributed by atoms with van der Waals surface area (Å²) in [4.78, 5) is 0. The standard InChI is InChI=1S/C12H16N2/c1-4-10-11-7-5-6-8-14(11)13-12(10)9(2)3/h5-9H,4H2,1-3H3. The van der Waals surface area contributed by atoms with Gasteiger partial charge >= 0.3 is 0 Å². The number of rotatable bonds is 2. The van der Waals surface area contributed by atoms with Crippen molar-refractivity contribution < 1.29 is 0 Å². The van der Waals surface area contributed by atoms with Crippen LogP contribution in [0.1, 0.15) is 37.9 Å². The summed E-state index contributed by atoms with van der Waals surface area (Å²) in [6.07, 6.45) is 3.07. The molecule has 0 saturated carbocycles. The predicted octanol–water partition coefficient (Wildman–Crippen LogP) is 3.02. The number of hydrogen-bond donors (Lipinski definition) is 0. The molecule has 0 bridgehead atoms. The zero-order valence-electron chi connectivity index (χ0n) is 8.99. The molecule has 0 aliphatic heterocycles. The van der Waals surface area contributed by atoms with Crippen LogP contribution in [0.15, 0.2) is 24.4 Å². The minimum Gasteiger partial charge on any atom is -0.240 e. The summed E-state index contributed by atoms with van der Waals surface area (Å²) in [6, 6.07) is 6.22. The van der Waals surface area contributed by atoms with Crippen molar-refractivity contribution in [2.75, 3.05) is 0 Å². The second kappa shape index (κ2) is 3.45. The van der Waals surface area contributed by atoms with Gasteiger partial charge in [0.15, 0.2) is 0 Å². The quantitative estimate of drug-likeness (QED) is 0.708. The molecular formula is C12H16N2. The number of fused-ring (bicyclic) bond motifs is 1. The van der Waals surface area contributed by atoms with Crippen LogP contribution in [0.5, 0.6) is 0 Å². The number of nitrogens with zero attached hydrogens (tertiary/aromatic N) is 2. The van der Waals surface area contributed by atoms with Gasteiger partial charge in [-0.25, -0.2) is 4.52 Å². The van der Waals surface area contributed by atoms with Crippen molar-refractivity contribution in [3.63, 3.8) is 0 Å². The van der Waals surface area contributed by atoms with E-state index in [1.165, 1.54) is 16.8 Å². The van der Waals surface area contributed by atoms with Gasteiger partial charge in [-0.3, -0.25) is 0 Å². The molecule has 2 nitrogen and oxygen atoms in total. The van der Waals surface area contributed by atoms with E-state index in [0.29, 0.717) is 5.92 Å². The first-order valence-electron chi connectivity index (χ1n) is 5.20. The lowest BCUT2D eigenvalue weighted by Crippen LogP contribution is -1.93. The molecule has 0 aromatic carbocycles. The van der Waals surface area contributed by atoms with Crippen molar-refractivity contribution in [2.24, 2.45) is 0 Å². The molecule has 0 spiro atoms. The number of pyridine rings is 1.